The van der Waals surface area contributed by atoms with E-state index in [4.69, 9.17) is 14.2 Å². The number of aromatic hydroxyl groups is 3. The van der Waals surface area contributed by atoms with E-state index in [9.17, 15) is 40.2 Å². The highest BCUT2D eigenvalue weighted by Gasteiger charge is 2.45. The first-order valence-electron chi connectivity index (χ1n) is 11.9. The summed E-state index contributed by atoms with van der Waals surface area (Å²) in [6.07, 6.45) is -2.35. The van der Waals surface area contributed by atoms with Crippen LogP contribution in [-0.4, -0.2) is 85.8 Å². The van der Waals surface area contributed by atoms with E-state index in [-0.39, 0.29) is 22.7 Å². The van der Waals surface area contributed by atoms with Crippen molar-refractivity contribution in [3.63, 3.8) is 0 Å². The fourth-order valence-electron chi connectivity index (χ4n) is 4.64. The highest BCUT2D eigenvalue weighted by molar-refractivity contribution is 5.92. The maximum absolute atomic E-state index is 12.3. The van der Waals surface area contributed by atoms with E-state index in [1.54, 1.807) is 19.1 Å². The zero-order chi connectivity index (χ0) is 27.7. The highest BCUT2D eigenvalue weighted by atomic mass is 16.7. The van der Waals surface area contributed by atoms with Crippen molar-refractivity contribution in [3.8, 4) is 17.2 Å². The van der Waals surface area contributed by atoms with E-state index in [0.29, 0.717) is 6.42 Å². The summed E-state index contributed by atoms with van der Waals surface area (Å²) < 4.78 is 16.4. The molecular formula is C26H34O11. The second-order valence-electron chi connectivity index (χ2n) is 10.2. The molecule has 6 N–H and O–H groups in total. The van der Waals surface area contributed by atoms with Crippen LogP contribution in [0.2, 0.25) is 0 Å². The number of ether oxygens (including phenoxy) is 3. The molecular weight excluding hydrogens is 488 g/mol. The predicted octanol–water partition coefficient (Wildman–Crippen LogP) is 1.29. The van der Waals surface area contributed by atoms with E-state index in [2.05, 4.69) is 0 Å². The molecule has 2 aliphatic rings. The van der Waals surface area contributed by atoms with Crippen molar-refractivity contribution >= 4 is 11.8 Å². The van der Waals surface area contributed by atoms with Crippen LogP contribution in [0.25, 0.3) is 0 Å². The lowest BCUT2D eigenvalue weighted by Crippen LogP contribution is -2.59. The minimum absolute atomic E-state index is 0.00760. The van der Waals surface area contributed by atoms with Gasteiger partial charge >= 0.3 is 5.97 Å². The number of phenolic OH excluding ortho intramolecular Hbond substituents is 3. The molecule has 1 aromatic carbocycles. The summed E-state index contributed by atoms with van der Waals surface area (Å²) >= 11 is 0. The van der Waals surface area contributed by atoms with Crippen LogP contribution in [0.1, 0.15) is 44.5 Å². The predicted molar refractivity (Wildman–Crippen MR) is 129 cm³/mol. The van der Waals surface area contributed by atoms with Crippen molar-refractivity contribution in [2.45, 2.75) is 70.9 Å². The third-order valence-electron chi connectivity index (χ3n) is 6.63. The van der Waals surface area contributed by atoms with Crippen molar-refractivity contribution in [1.82, 2.24) is 0 Å². The van der Waals surface area contributed by atoms with Crippen LogP contribution in [0.5, 0.6) is 17.2 Å². The molecule has 0 spiro atoms. The number of aliphatic hydroxyl groups is 3. The van der Waals surface area contributed by atoms with E-state index < -0.39 is 66.6 Å². The third-order valence-corrected chi connectivity index (χ3v) is 6.63. The van der Waals surface area contributed by atoms with Gasteiger partial charge in [0.15, 0.2) is 29.3 Å². The number of carbonyl (C=O) groups is 2. The number of phenols is 3. The van der Waals surface area contributed by atoms with Gasteiger partial charge in [0.05, 0.1) is 11.7 Å². The lowest BCUT2D eigenvalue weighted by atomic mass is 9.68. The van der Waals surface area contributed by atoms with Gasteiger partial charge < -0.3 is 44.8 Å². The van der Waals surface area contributed by atoms with Crippen LogP contribution in [0.3, 0.4) is 0 Å². The van der Waals surface area contributed by atoms with Crippen LogP contribution < -0.4 is 0 Å². The number of aliphatic hydroxyl groups excluding tert-OH is 3. The Bertz CT molecular complexity index is 1050. The molecule has 1 saturated heterocycles. The molecule has 1 fully saturated rings. The number of carbonyl (C=O) groups excluding carboxylic acids is 2. The molecule has 0 saturated carbocycles. The summed E-state index contributed by atoms with van der Waals surface area (Å²) in [5.74, 6) is -3.20. The molecule has 1 aromatic rings. The number of hydrogen-bond donors (Lipinski definition) is 6. The number of allylic oxidation sites excluding steroid dienone is 3. The standard InChI is InChI=1S/C26H34O11/c1-12-7-15(27)10-26(3,4)16(12)6-5-13(2)36-25-23(33)22(32)21(31)19(37-25)11-35-24(34)14-8-17(28)20(30)18(29)9-14/h5-9,13,16,19,21-23,25,28-33H,10-11H2,1-4H3/t13-,16+,19-,21-,22+,23-,25-/m1/s1. The minimum atomic E-state index is -1.66. The molecule has 0 radical (unpaired) electrons. The third kappa shape index (κ3) is 6.49. The summed E-state index contributed by atoms with van der Waals surface area (Å²) in [5.41, 5.74) is 0.365. The minimum Gasteiger partial charge on any atom is -0.504 e. The lowest BCUT2D eigenvalue weighted by Gasteiger charge is -2.40. The molecule has 1 aliphatic carbocycles. The first-order valence-corrected chi connectivity index (χ1v) is 11.9. The van der Waals surface area contributed by atoms with Gasteiger partial charge in [-0.25, -0.2) is 4.79 Å². The molecule has 11 heteroatoms. The Morgan fingerprint density at radius 3 is 2.35 bits per heavy atom. The van der Waals surface area contributed by atoms with Gasteiger partial charge in [-0.05, 0) is 37.5 Å². The largest absolute Gasteiger partial charge is 0.504 e. The summed E-state index contributed by atoms with van der Waals surface area (Å²) in [6, 6.07) is 1.77. The normalized spacial score (nSPS) is 30.7. The summed E-state index contributed by atoms with van der Waals surface area (Å²) in [4.78, 5) is 24.2. The summed E-state index contributed by atoms with van der Waals surface area (Å²) in [6.45, 7) is 7.03. The van der Waals surface area contributed by atoms with E-state index in [0.717, 1.165) is 17.7 Å². The van der Waals surface area contributed by atoms with Gasteiger partial charge in [0.25, 0.3) is 0 Å². The van der Waals surface area contributed by atoms with Gasteiger partial charge in [-0.2, -0.15) is 0 Å². The monoisotopic (exact) mass is 522 g/mol. The van der Waals surface area contributed by atoms with Gasteiger partial charge in [-0.3, -0.25) is 4.79 Å². The highest BCUT2D eigenvalue weighted by Crippen LogP contribution is 2.40. The summed E-state index contributed by atoms with van der Waals surface area (Å²) in [5, 5.41) is 59.5. The maximum atomic E-state index is 12.3. The Kier molecular flexibility index (Phi) is 8.66. The second-order valence-corrected chi connectivity index (χ2v) is 10.2. The van der Waals surface area contributed by atoms with E-state index in [1.807, 2.05) is 26.8 Å². The van der Waals surface area contributed by atoms with Crippen molar-refractivity contribution in [2.75, 3.05) is 6.61 Å². The first kappa shape index (κ1) is 28.6. The van der Waals surface area contributed by atoms with Gasteiger partial charge in [-0.1, -0.05) is 31.6 Å². The molecule has 1 aliphatic heterocycles. The van der Waals surface area contributed by atoms with Crippen LogP contribution >= 0.6 is 0 Å². The van der Waals surface area contributed by atoms with Crippen LogP contribution in [0.15, 0.2) is 35.9 Å². The number of rotatable bonds is 7. The Labute approximate surface area is 214 Å². The molecule has 3 rings (SSSR count). The Morgan fingerprint density at radius 2 is 1.76 bits per heavy atom. The Hall–Kier alpha value is -2.96. The van der Waals surface area contributed by atoms with Crippen molar-refractivity contribution in [2.24, 2.45) is 11.3 Å². The average Bonchev–Trinajstić information content (AvgIpc) is 2.80. The molecule has 11 nitrogen and oxygen atoms in total. The Morgan fingerprint density at radius 1 is 1.14 bits per heavy atom. The quantitative estimate of drug-likeness (QED) is 0.172. The zero-order valence-corrected chi connectivity index (χ0v) is 21.1. The lowest BCUT2D eigenvalue weighted by molar-refractivity contribution is -0.306. The van der Waals surface area contributed by atoms with Gasteiger partial charge in [0.1, 0.15) is 31.0 Å². The molecule has 0 aromatic heterocycles. The molecule has 0 amide bonds. The van der Waals surface area contributed by atoms with Gasteiger partial charge in [0.2, 0.25) is 0 Å². The van der Waals surface area contributed by atoms with Gasteiger partial charge in [-0.15, -0.1) is 0 Å². The SMILES string of the molecule is CC1=CC(=O)CC(C)(C)[C@H]1C=C[C@@H](C)O[C@@H]1O[C@H](COC(=O)c2cc(O)c(O)c(O)c2)[C@@H](O)[C@H](O)[C@H]1O. The molecule has 7 atom stereocenters. The molecule has 204 valence electrons. The number of hydrogen-bond acceptors (Lipinski definition) is 11. The summed E-state index contributed by atoms with van der Waals surface area (Å²) in [7, 11) is 0. The topological polar surface area (TPSA) is 183 Å². The van der Waals surface area contributed by atoms with Crippen LogP contribution in [0, 0.1) is 11.3 Å². The van der Waals surface area contributed by atoms with E-state index in [1.165, 1.54) is 0 Å². The molecule has 37 heavy (non-hydrogen) atoms. The van der Waals surface area contributed by atoms with Crippen molar-refractivity contribution < 1.29 is 54.4 Å². The molecule has 0 unspecified atom stereocenters. The fraction of sp³-hybridized carbons (Fsp3) is 0.538. The molecule has 1 heterocycles. The average molecular weight is 523 g/mol. The number of ketones is 1. The molecule has 0 bridgehead atoms. The van der Waals surface area contributed by atoms with Crippen molar-refractivity contribution in [3.05, 3.63) is 41.5 Å². The van der Waals surface area contributed by atoms with E-state index >= 15 is 0 Å². The number of esters is 1. The maximum Gasteiger partial charge on any atom is 0.338 e. The Balaban J connectivity index is 1.64. The second kappa shape index (κ2) is 11.2. The fourth-order valence-corrected chi connectivity index (χ4v) is 4.64. The van der Waals surface area contributed by atoms with Crippen LogP contribution in [0.4, 0.5) is 0 Å². The van der Waals surface area contributed by atoms with Crippen LogP contribution in [-0.2, 0) is 19.0 Å². The van der Waals surface area contributed by atoms with Gasteiger partial charge in [0, 0.05) is 12.3 Å². The smallest absolute Gasteiger partial charge is 0.338 e. The van der Waals surface area contributed by atoms with Crippen molar-refractivity contribution in [1.29, 1.82) is 0 Å². The zero-order valence-electron chi connectivity index (χ0n) is 21.1. The number of benzene rings is 1. The first-order chi connectivity index (χ1) is 17.2.